The highest BCUT2D eigenvalue weighted by Crippen LogP contribution is 2.30. The Bertz CT molecular complexity index is 811. The minimum atomic E-state index is 0.745. The topological polar surface area (TPSA) is 47.1 Å². The van der Waals surface area contributed by atoms with Crippen molar-refractivity contribution in [3.05, 3.63) is 42.5 Å². The molecular formula is C21H26N2O2. The average molecular weight is 338 g/mol. The van der Waals surface area contributed by atoms with E-state index in [1.165, 1.54) is 25.7 Å². The van der Waals surface area contributed by atoms with Gasteiger partial charge >= 0.3 is 0 Å². The lowest BCUT2D eigenvalue weighted by atomic mass is 10.1. The van der Waals surface area contributed by atoms with Gasteiger partial charge in [0.15, 0.2) is 0 Å². The van der Waals surface area contributed by atoms with Crippen LogP contribution in [-0.2, 0) is 0 Å². The van der Waals surface area contributed by atoms with Crippen LogP contribution in [0, 0.1) is 0 Å². The second-order valence-corrected chi connectivity index (χ2v) is 6.23. The number of fused-ring (bicyclic) bond motifs is 1. The summed E-state index contributed by atoms with van der Waals surface area (Å²) in [7, 11) is 1.67. The molecule has 0 unspecified atom stereocenters. The second kappa shape index (κ2) is 8.56. The zero-order chi connectivity index (χ0) is 17.5. The lowest BCUT2D eigenvalue weighted by molar-refractivity contribution is 0.305. The number of nitrogens with zero attached hydrogens (tertiary/aromatic N) is 1. The van der Waals surface area contributed by atoms with Crippen LogP contribution in [0.2, 0.25) is 0 Å². The molecule has 25 heavy (non-hydrogen) atoms. The van der Waals surface area contributed by atoms with Gasteiger partial charge in [-0.3, -0.25) is 0 Å². The molecule has 1 aromatic heterocycles. The first-order valence-electron chi connectivity index (χ1n) is 9.07. The minimum Gasteiger partial charge on any atom is -0.497 e. The molecule has 0 spiro atoms. The minimum absolute atomic E-state index is 0.745. The summed E-state index contributed by atoms with van der Waals surface area (Å²) in [5.41, 5.74) is 2.88. The van der Waals surface area contributed by atoms with Crippen LogP contribution >= 0.6 is 0 Å². The molecule has 0 aliphatic heterocycles. The fraction of sp³-hybridized carbons (Fsp3) is 0.381. The SMILES string of the molecule is CCCCCCCOc1ccccc1-c1nc2ccc(OC)cc2[nH]1. The van der Waals surface area contributed by atoms with Crippen molar-refractivity contribution in [1.29, 1.82) is 0 Å². The summed E-state index contributed by atoms with van der Waals surface area (Å²) in [6.45, 7) is 2.98. The number of ether oxygens (including phenoxy) is 2. The highest BCUT2D eigenvalue weighted by atomic mass is 16.5. The van der Waals surface area contributed by atoms with Gasteiger partial charge in [0.05, 0.1) is 30.3 Å². The molecule has 0 atom stereocenters. The van der Waals surface area contributed by atoms with Crippen LogP contribution in [0.5, 0.6) is 11.5 Å². The molecular weight excluding hydrogens is 312 g/mol. The van der Waals surface area contributed by atoms with Crippen LogP contribution in [0.3, 0.4) is 0 Å². The number of hydrogen-bond acceptors (Lipinski definition) is 3. The van der Waals surface area contributed by atoms with Crippen molar-refractivity contribution in [3.63, 3.8) is 0 Å². The largest absolute Gasteiger partial charge is 0.497 e. The van der Waals surface area contributed by atoms with Crippen LogP contribution in [-0.4, -0.2) is 23.7 Å². The summed E-state index contributed by atoms with van der Waals surface area (Å²) in [5.74, 6) is 2.52. The van der Waals surface area contributed by atoms with Gasteiger partial charge in [-0.15, -0.1) is 0 Å². The van der Waals surface area contributed by atoms with Gasteiger partial charge in [0.2, 0.25) is 0 Å². The molecule has 4 nitrogen and oxygen atoms in total. The lowest BCUT2D eigenvalue weighted by Gasteiger charge is -2.09. The van der Waals surface area contributed by atoms with Crippen molar-refractivity contribution in [3.8, 4) is 22.9 Å². The van der Waals surface area contributed by atoms with E-state index in [9.17, 15) is 0 Å². The summed E-state index contributed by atoms with van der Waals surface area (Å²) in [4.78, 5) is 8.07. The number of aromatic amines is 1. The molecule has 0 aliphatic rings. The van der Waals surface area contributed by atoms with Gasteiger partial charge < -0.3 is 14.5 Å². The van der Waals surface area contributed by atoms with Crippen LogP contribution in [0.15, 0.2) is 42.5 Å². The smallest absolute Gasteiger partial charge is 0.142 e. The predicted molar refractivity (Wildman–Crippen MR) is 102 cm³/mol. The number of H-pyrrole nitrogens is 1. The first kappa shape index (κ1) is 17.3. The van der Waals surface area contributed by atoms with Crippen molar-refractivity contribution >= 4 is 11.0 Å². The highest BCUT2D eigenvalue weighted by Gasteiger charge is 2.11. The number of hydrogen-bond donors (Lipinski definition) is 1. The number of para-hydroxylation sites is 1. The third kappa shape index (κ3) is 4.32. The molecule has 0 amide bonds. The van der Waals surface area contributed by atoms with Gasteiger partial charge in [0.1, 0.15) is 17.3 Å². The van der Waals surface area contributed by atoms with Crippen molar-refractivity contribution in [2.24, 2.45) is 0 Å². The molecule has 2 aromatic carbocycles. The maximum absolute atomic E-state index is 6.03. The Morgan fingerprint density at radius 2 is 1.84 bits per heavy atom. The van der Waals surface area contributed by atoms with Gasteiger partial charge in [0, 0.05) is 6.07 Å². The fourth-order valence-corrected chi connectivity index (χ4v) is 2.92. The van der Waals surface area contributed by atoms with Gasteiger partial charge in [0.25, 0.3) is 0 Å². The zero-order valence-corrected chi connectivity index (χ0v) is 15.0. The van der Waals surface area contributed by atoms with Crippen molar-refractivity contribution in [2.45, 2.75) is 39.0 Å². The summed E-state index contributed by atoms with van der Waals surface area (Å²) in [6.07, 6.45) is 6.17. The zero-order valence-electron chi connectivity index (χ0n) is 15.0. The second-order valence-electron chi connectivity index (χ2n) is 6.23. The summed E-state index contributed by atoms with van der Waals surface area (Å²) >= 11 is 0. The third-order valence-electron chi connectivity index (χ3n) is 4.34. The van der Waals surface area contributed by atoms with E-state index < -0.39 is 0 Å². The molecule has 0 saturated heterocycles. The molecule has 0 fully saturated rings. The van der Waals surface area contributed by atoms with Crippen molar-refractivity contribution in [2.75, 3.05) is 13.7 Å². The van der Waals surface area contributed by atoms with Crippen LogP contribution < -0.4 is 9.47 Å². The average Bonchev–Trinajstić information content (AvgIpc) is 3.07. The quantitative estimate of drug-likeness (QED) is 0.517. The predicted octanol–water partition coefficient (Wildman–Crippen LogP) is 5.59. The summed E-state index contributed by atoms with van der Waals surface area (Å²) < 4.78 is 11.3. The Kier molecular flexibility index (Phi) is 5.94. The van der Waals surface area contributed by atoms with E-state index in [0.717, 1.165) is 46.9 Å². The van der Waals surface area contributed by atoms with E-state index in [0.29, 0.717) is 0 Å². The van der Waals surface area contributed by atoms with Gasteiger partial charge in [-0.25, -0.2) is 4.98 Å². The van der Waals surface area contributed by atoms with E-state index in [2.05, 4.69) is 11.9 Å². The molecule has 0 aliphatic carbocycles. The number of nitrogens with one attached hydrogen (secondary N) is 1. The maximum Gasteiger partial charge on any atom is 0.142 e. The molecule has 3 aromatic rings. The molecule has 0 bridgehead atoms. The summed E-state index contributed by atoms with van der Waals surface area (Å²) in [6, 6.07) is 13.9. The summed E-state index contributed by atoms with van der Waals surface area (Å²) in [5, 5.41) is 0. The molecule has 1 heterocycles. The normalized spacial score (nSPS) is 11.0. The van der Waals surface area contributed by atoms with E-state index in [-0.39, 0.29) is 0 Å². The first-order chi connectivity index (χ1) is 12.3. The van der Waals surface area contributed by atoms with E-state index in [1.807, 2.05) is 42.5 Å². The Morgan fingerprint density at radius 1 is 1.00 bits per heavy atom. The Hall–Kier alpha value is -2.49. The molecule has 4 heteroatoms. The van der Waals surface area contributed by atoms with Crippen LogP contribution in [0.25, 0.3) is 22.4 Å². The van der Waals surface area contributed by atoms with Crippen molar-refractivity contribution < 1.29 is 9.47 Å². The number of aromatic nitrogens is 2. The molecule has 3 rings (SSSR count). The molecule has 132 valence electrons. The van der Waals surface area contributed by atoms with E-state index >= 15 is 0 Å². The van der Waals surface area contributed by atoms with Crippen LogP contribution in [0.1, 0.15) is 39.0 Å². The fourth-order valence-electron chi connectivity index (χ4n) is 2.92. The Morgan fingerprint density at radius 3 is 2.68 bits per heavy atom. The first-order valence-corrected chi connectivity index (χ1v) is 9.07. The standard InChI is InChI=1S/C21H26N2O2/c1-3-4-5-6-9-14-25-20-11-8-7-10-17(20)21-22-18-13-12-16(24-2)15-19(18)23-21/h7-8,10-13,15H,3-6,9,14H2,1-2H3,(H,22,23). The van der Waals surface area contributed by atoms with Gasteiger partial charge in [-0.1, -0.05) is 44.7 Å². The molecule has 0 saturated carbocycles. The third-order valence-corrected chi connectivity index (χ3v) is 4.34. The van der Waals surface area contributed by atoms with Crippen LogP contribution in [0.4, 0.5) is 0 Å². The van der Waals surface area contributed by atoms with E-state index in [1.54, 1.807) is 7.11 Å². The maximum atomic E-state index is 6.03. The number of imidazole rings is 1. The number of methoxy groups -OCH3 is 1. The number of unbranched alkanes of at least 4 members (excludes halogenated alkanes) is 4. The lowest BCUT2D eigenvalue weighted by Crippen LogP contribution is -1.99. The highest BCUT2D eigenvalue weighted by molar-refractivity contribution is 5.81. The monoisotopic (exact) mass is 338 g/mol. The molecule has 1 N–H and O–H groups in total. The van der Waals surface area contributed by atoms with Gasteiger partial charge in [-0.05, 0) is 30.7 Å². The Labute approximate surface area is 149 Å². The number of benzene rings is 2. The van der Waals surface area contributed by atoms with E-state index in [4.69, 9.17) is 14.5 Å². The number of rotatable bonds is 9. The Balaban J connectivity index is 1.74. The van der Waals surface area contributed by atoms with Crippen molar-refractivity contribution in [1.82, 2.24) is 9.97 Å². The molecule has 0 radical (unpaired) electrons. The van der Waals surface area contributed by atoms with Gasteiger partial charge in [-0.2, -0.15) is 0 Å².